The molecule has 0 spiro atoms. The summed E-state index contributed by atoms with van der Waals surface area (Å²) in [5.41, 5.74) is 4.42. The van der Waals surface area contributed by atoms with E-state index >= 15 is 0 Å². The number of amides is 3. The van der Waals surface area contributed by atoms with Gasteiger partial charge in [-0.15, -0.1) is 0 Å². The van der Waals surface area contributed by atoms with Crippen LogP contribution in [0.4, 0.5) is 0 Å². The van der Waals surface area contributed by atoms with E-state index in [0.29, 0.717) is 12.2 Å². The Hall–Kier alpha value is -1.24. The van der Waals surface area contributed by atoms with E-state index in [4.69, 9.17) is 0 Å². The Bertz CT molecular complexity index is 285. The highest BCUT2D eigenvalue weighted by molar-refractivity contribution is 7.80. The standard InChI is InChI=1S/C11H21N3O3S/c1-2-3-4-5-9(15)12-8-11(17)14-13-10(16)6-7-18/h18H,2-8H2,1H3,(H,12,15)(H,13,16)(H,14,17). The lowest BCUT2D eigenvalue weighted by Crippen LogP contribution is -2.46. The molecule has 0 aliphatic heterocycles. The summed E-state index contributed by atoms with van der Waals surface area (Å²) in [5.74, 6) is -0.505. The van der Waals surface area contributed by atoms with Crippen LogP contribution in [0.5, 0.6) is 0 Å². The van der Waals surface area contributed by atoms with E-state index in [1.165, 1.54) is 0 Å². The van der Waals surface area contributed by atoms with E-state index in [0.717, 1.165) is 19.3 Å². The summed E-state index contributed by atoms with van der Waals surface area (Å²) in [4.78, 5) is 33.5. The van der Waals surface area contributed by atoms with Crippen LogP contribution in [0.25, 0.3) is 0 Å². The molecule has 0 fully saturated rings. The Labute approximate surface area is 113 Å². The number of carbonyl (C=O) groups is 3. The van der Waals surface area contributed by atoms with Crippen molar-refractivity contribution < 1.29 is 14.4 Å². The maximum absolute atomic E-state index is 11.3. The molecular weight excluding hydrogens is 254 g/mol. The van der Waals surface area contributed by atoms with Crippen LogP contribution in [-0.2, 0) is 14.4 Å². The number of nitrogens with one attached hydrogen (secondary N) is 3. The second-order valence-corrected chi connectivity index (χ2v) is 4.25. The molecule has 0 aliphatic carbocycles. The Kier molecular flexibility index (Phi) is 10.1. The molecule has 7 heteroatoms. The highest BCUT2D eigenvalue weighted by Gasteiger charge is 2.06. The molecule has 3 N–H and O–H groups in total. The Balaban J connectivity index is 3.57. The van der Waals surface area contributed by atoms with Gasteiger partial charge >= 0.3 is 0 Å². The molecule has 18 heavy (non-hydrogen) atoms. The smallest absolute Gasteiger partial charge is 0.257 e. The molecule has 0 heterocycles. The zero-order chi connectivity index (χ0) is 13.8. The lowest BCUT2D eigenvalue weighted by molar-refractivity contribution is -0.129. The molecule has 3 amide bonds. The van der Waals surface area contributed by atoms with Crippen molar-refractivity contribution in [3.05, 3.63) is 0 Å². The highest BCUT2D eigenvalue weighted by atomic mass is 32.1. The van der Waals surface area contributed by atoms with Gasteiger partial charge in [-0.25, -0.2) is 0 Å². The van der Waals surface area contributed by atoms with Crippen molar-refractivity contribution in [3.63, 3.8) is 0 Å². The van der Waals surface area contributed by atoms with Gasteiger partial charge in [0.2, 0.25) is 11.8 Å². The van der Waals surface area contributed by atoms with Crippen LogP contribution in [0.2, 0.25) is 0 Å². The van der Waals surface area contributed by atoms with Crippen LogP contribution in [0.1, 0.15) is 39.0 Å². The third-order valence-corrected chi connectivity index (χ3v) is 2.36. The fraction of sp³-hybridized carbons (Fsp3) is 0.727. The first-order chi connectivity index (χ1) is 8.60. The van der Waals surface area contributed by atoms with Crippen LogP contribution in [0.3, 0.4) is 0 Å². The molecule has 0 aromatic heterocycles. The fourth-order valence-electron chi connectivity index (χ4n) is 1.15. The van der Waals surface area contributed by atoms with Crippen molar-refractivity contribution >= 4 is 30.4 Å². The van der Waals surface area contributed by atoms with Gasteiger partial charge in [-0.3, -0.25) is 25.2 Å². The molecule has 0 saturated heterocycles. The lowest BCUT2D eigenvalue weighted by atomic mass is 10.2. The average Bonchev–Trinajstić information content (AvgIpc) is 2.34. The van der Waals surface area contributed by atoms with E-state index in [1.807, 2.05) is 0 Å². The summed E-state index contributed by atoms with van der Waals surface area (Å²) in [6, 6.07) is 0. The summed E-state index contributed by atoms with van der Waals surface area (Å²) in [7, 11) is 0. The van der Waals surface area contributed by atoms with Crippen molar-refractivity contribution in [3.8, 4) is 0 Å². The van der Waals surface area contributed by atoms with Gasteiger partial charge in [-0.2, -0.15) is 12.6 Å². The molecule has 0 aliphatic rings. The second-order valence-electron chi connectivity index (χ2n) is 3.80. The van der Waals surface area contributed by atoms with Gasteiger partial charge in [0.05, 0.1) is 6.54 Å². The van der Waals surface area contributed by atoms with Crippen molar-refractivity contribution in [2.75, 3.05) is 12.3 Å². The number of hydrazine groups is 1. The predicted octanol–water partition coefficient (Wildman–Crippen LogP) is 0.150. The lowest BCUT2D eigenvalue weighted by Gasteiger charge is -2.07. The number of carbonyl (C=O) groups excluding carboxylic acids is 3. The van der Waals surface area contributed by atoms with E-state index in [9.17, 15) is 14.4 Å². The first-order valence-electron chi connectivity index (χ1n) is 6.05. The van der Waals surface area contributed by atoms with Crippen LogP contribution >= 0.6 is 12.6 Å². The van der Waals surface area contributed by atoms with Gasteiger partial charge in [0, 0.05) is 12.8 Å². The largest absolute Gasteiger partial charge is 0.347 e. The van der Waals surface area contributed by atoms with Crippen molar-refractivity contribution in [2.45, 2.75) is 39.0 Å². The van der Waals surface area contributed by atoms with E-state index < -0.39 is 5.91 Å². The van der Waals surface area contributed by atoms with Crippen LogP contribution < -0.4 is 16.2 Å². The quantitative estimate of drug-likeness (QED) is 0.289. The number of unbranched alkanes of at least 4 members (excludes halogenated alkanes) is 2. The first-order valence-corrected chi connectivity index (χ1v) is 6.68. The fourth-order valence-corrected chi connectivity index (χ4v) is 1.35. The second kappa shape index (κ2) is 10.9. The molecule has 0 unspecified atom stereocenters. The molecule has 6 nitrogen and oxygen atoms in total. The monoisotopic (exact) mass is 275 g/mol. The molecule has 0 atom stereocenters. The van der Waals surface area contributed by atoms with Gasteiger partial charge in [-0.1, -0.05) is 19.8 Å². The third kappa shape index (κ3) is 9.95. The van der Waals surface area contributed by atoms with E-state index in [2.05, 4.69) is 35.7 Å². The Morgan fingerprint density at radius 3 is 2.22 bits per heavy atom. The zero-order valence-corrected chi connectivity index (χ0v) is 11.5. The SMILES string of the molecule is CCCCCC(=O)NCC(=O)NNC(=O)CCS. The first kappa shape index (κ1) is 16.8. The molecule has 104 valence electrons. The molecular formula is C11H21N3O3S. The topological polar surface area (TPSA) is 87.3 Å². The van der Waals surface area contributed by atoms with Gasteiger partial charge in [0.1, 0.15) is 0 Å². The van der Waals surface area contributed by atoms with Gasteiger partial charge < -0.3 is 5.32 Å². The number of thiol groups is 1. The maximum atomic E-state index is 11.3. The number of hydrogen-bond acceptors (Lipinski definition) is 4. The molecule has 0 saturated carbocycles. The van der Waals surface area contributed by atoms with E-state index in [1.54, 1.807) is 0 Å². The zero-order valence-electron chi connectivity index (χ0n) is 10.6. The van der Waals surface area contributed by atoms with Crippen LogP contribution in [0.15, 0.2) is 0 Å². The molecule has 0 aromatic carbocycles. The van der Waals surface area contributed by atoms with Crippen molar-refractivity contribution in [1.82, 2.24) is 16.2 Å². The average molecular weight is 275 g/mol. The minimum Gasteiger partial charge on any atom is -0.347 e. The number of hydrogen-bond donors (Lipinski definition) is 4. The summed E-state index contributed by atoms with van der Waals surface area (Å²) in [6.45, 7) is 1.92. The van der Waals surface area contributed by atoms with Crippen LogP contribution in [0, 0.1) is 0 Å². The van der Waals surface area contributed by atoms with Crippen LogP contribution in [-0.4, -0.2) is 30.0 Å². The molecule has 0 bridgehead atoms. The van der Waals surface area contributed by atoms with Gasteiger partial charge in [-0.05, 0) is 12.2 Å². The van der Waals surface area contributed by atoms with Gasteiger partial charge in [0.25, 0.3) is 5.91 Å². The molecule has 0 aromatic rings. The summed E-state index contributed by atoms with van der Waals surface area (Å²) in [5, 5.41) is 2.48. The van der Waals surface area contributed by atoms with Crippen molar-refractivity contribution in [1.29, 1.82) is 0 Å². The van der Waals surface area contributed by atoms with Crippen molar-refractivity contribution in [2.24, 2.45) is 0 Å². The minimum atomic E-state index is -0.452. The Morgan fingerprint density at radius 2 is 1.61 bits per heavy atom. The third-order valence-electron chi connectivity index (χ3n) is 2.13. The summed E-state index contributed by atoms with van der Waals surface area (Å²) >= 11 is 3.88. The van der Waals surface area contributed by atoms with Gasteiger partial charge in [0.15, 0.2) is 0 Å². The predicted molar refractivity (Wildman–Crippen MR) is 71.9 cm³/mol. The maximum Gasteiger partial charge on any atom is 0.257 e. The summed E-state index contributed by atoms with van der Waals surface area (Å²) < 4.78 is 0. The minimum absolute atomic E-state index is 0.133. The van der Waals surface area contributed by atoms with E-state index in [-0.39, 0.29) is 24.8 Å². The normalized spacial score (nSPS) is 9.67. The molecule has 0 radical (unpaired) electrons. The summed E-state index contributed by atoms with van der Waals surface area (Å²) in [6.07, 6.45) is 3.52. The highest BCUT2D eigenvalue weighted by Crippen LogP contribution is 1.97. The Morgan fingerprint density at radius 1 is 0.944 bits per heavy atom. The number of rotatable bonds is 8. The molecule has 0 rings (SSSR count).